The van der Waals surface area contributed by atoms with Crippen LogP contribution in [0.5, 0.6) is 0 Å². The summed E-state index contributed by atoms with van der Waals surface area (Å²) in [6.07, 6.45) is 6.08. The van der Waals surface area contributed by atoms with E-state index < -0.39 is 0 Å². The lowest BCUT2D eigenvalue weighted by Gasteiger charge is -2.33. The fourth-order valence-electron chi connectivity index (χ4n) is 2.44. The Balaban J connectivity index is 1.58. The second-order valence-corrected chi connectivity index (χ2v) is 4.86. The van der Waals surface area contributed by atoms with Crippen LogP contribution >= 0.6 is 0 Å². The average Bonchev–Trinajstić information content (AvgIpc) is 2.43. The van der Waals surface area contributed by atoms with Crippen molar-refractivity contribution in [1.29, 1.82) is 0 Å². The Hall–Kier alpha value is -0.0800. The fourth-order valence-corrected chi connectivity index (χ4v) is 2.44. The molecule has 0 aliphatic heterocycles. The first-order valence-electron chi connectivity index (χ1n) is 5.53. The molecule has 0 heterocycles. The van der Waals surface area contributed by atoms with Gasteiger partial charge < -0.3 is 9.84 Å². The van der Waals surface area contributed by atoms with Crippen LogP contribution in [0, 0.1) is 11.8 Å². The summed E-state index contributed by atoms with van der Waals surface area (Å²) in [5.41, 5.74) is 0. The van der Waals surface area contributed by atoms with E-state index in [1.165, 1.54) is 12.8 Å². The third kappa shape index (κ3) is 2.44. The van der Waals surface area contributed by atoms with Crippen molar-refractivity contribution < 1.29 is 9.84 Å². The number of aliphatic hydroxyl groups is 1. The first-order chi connectivity index (χ1) is 6.24. The van der Waals surface area contributed by atoms with Gasteiger partial charge in [-0.25, -0.2) is 0 Å². The van der Waals surface area contributed by atoms with Crippen LogP contribution in [0.3, 0.4) is 0 Å². The summed E-state index contributed by atoms with van der Waals surface area (Å²) < 4.78 is 5.77. The molecule has 2 fully saturated rings. The molecule has 0 bridgehead atoms. The van der Waals surface area contributed by atoms with Crippen molar-refractivity contribution in [1.82, 2.24) is 0 Å². The van der Waals surface area contributed by atoms with Crippen molar-refractivity contribution in [2.24, 2.45) is 11.8 Å². The molecule has 0 aromatic carbocycles. The van der Waals surface area contributed by atoms with Crippen molar-refractivity contribution in [2.75, 3.05) is 6.61 Å². The maximum Gasteiger partial charge on any atom is 0.0580 e. The number of ether oxygens (including phenoxy) is 1. The minimum absolute atomic E-state index is 0.0473. The highest BCUT2D eigenvalue weighted by Crippen LogP contribution is 2.31. The lowest BCUT2D eigenvalue weighted by atomic mass is 9.84. The predicted octanol–water partition coefficient (Wildman–Crippen LogP) is 1.96. The van der Waals surface area contributed by atoms with Gasteiger partial charge in [-0.2, -0.15) is 0 Å². The Morgan fingerprint density at radius 2 is 2.00 bits per heavy atom. The van der Waals surface area contributed by atoms with E-state index in [0.29, 0.717) is 12.0 Å². The molecule has 2 nitrogen and oxygen atoms in total. The Morgan fingerprint density at radius 1 is 1.23 bits per heavy atom. The molecule has 0 spiro atoms. The fraction of sp³-hybridized carbons (Fsp3) is 1.00. The number of hydrogen-bond donors (Lipinski definition) is 1. The van der Waals surface area contributed by atoms with Gasteiger partial charge in [0.1, 0.15) is 0 Å². The second-order valence-electron chi connectivity index (χ2n) is 4.86. The molecule has 0 amide bonds. The number of aliphatic hydroxyl groups excluding tert-OH is 1. The predicted molar refractivity (Wildman–Crippen MR) is 51.5 cm³/mol. The summed E-state index contributed by atoms with van der Waals surface area (Å²) in [6.45, 7) is 3.16. The third-order valence-corrected chi connectivity index (χ3v) is 3.41. The molecule has 0 saturated heterocycles. The van der Waals surface area contributed by atoms with Crippen LogP contribution < -0.4 is 0 Å². The zero-order valence-electron chi connectivity index (χ0n) is 8.41. The highest BCUT2D eigenvalue weighted by molar-refractivity contribution is 4.79. The van der Waals surface area contributed by atoms with E-state index in [4.69, 9.17) is 4.74 Å². The van der Waals surface area contributed by atoms with Gasteiger partial charge in [0.15, 0.2) is 0 Å². The van der Waals surface area contributed by atoms with Crippen LogP contribution in [0.4, 0.5) is 0 Å². The molecule has 2 heteroatoms. The molecular weight excluding hydrogens is 164 g/mol. The van der Waals surface area contributed by atoms with E-state index in [2.05, 4.69) is 6.92 Å². The Labute approximate surface area is 80.3 Å². The lowest BCUT2D eigenvalue weighted by Crippen LogP contribution is -2.30. The van der Waals surface area contributed by atoms with Crippen molar-refractivity contribution in [3.8, 4) is 0 Å². The van der Waals surface area contributed by atoms with Gasteiger partial charge in [-0.05, 0) is 43.9 Å². The highest BCUT2D eigenvalue weighted by Gasteiger charge is 2.28. The van der Waals surface area contributed by atoms with Crippen molar-refractivity contribution >= 4 is 0 Å². The molecule has 2 aliphatic rings. The molecule has 0 aromatic heterocycles. The van der Waals surface area contributed by atoms with E-state index in [-0.39, 0.29) is 6.10 Å². The van der Waals surface area contributed by atoms with Crippen LogP contribution in [0.25, 0.3) is 0 Å². The van der Waals surface area contributed by atoms with Gasteiger partial charge in [0.25, 0.3) is 0 Å². The molecule has 2 aliphatic carbocycles. The van der Waals surface area contributed by atoms with E-state index in [1.807, 2.05) is 0 Å². The van der Waals surface area contributed by atoms with E-state index >= 15 is 0 Å². The molecule has 0 aromatic rings. The van der Waals surface area contributed by atoms with Gasteiger partial charge in [0.05, 0.1) is 12.2 Å². The Kier molecular flexibility index (Phi) is 2.89. The zero-order valence-corrected chi connectivity index (χ0v) is 8.41. The first kappa shape index (κ1) is 9.47. The molecular formula is C11H20O2. The monoisotopic (exact) mass is 184 g/mol. The van der Waals surface area contributed by atoms with Crippen LogP contribution in [0.15, 0.2) is 0 Å². The largest absolute Gasteiger partial charge is 0.393 e. The van der Waals surface area contributed by atoms with Crippen LogP contribution in [-0.2, 0) is 4.74 Å². The van der Waals surface area contributed by atoms with E-state index in [0.717, 1.165) is 31.8 Å². The highest BCUT2D eigenvalue weighted by atomic mass is 16.5. The SMILES string of the molecule is CC1CC(OC[C@@H]2CCC(O)C2)C1. The maximum absolute atomic E-state index is 9.32. The van der Waals surface area contributed by atoms with Gasteiger partial charge in [0, 0.05) is 6.61 Å². The van der Waals surface area contributed by atoms with Gasteiger partial charge in [-0.1, -0.05) is 6.92 Å². The quantitative estimate of drug-likeness (QED) is 0.726. The van der Waals surface area contributed by atoms with Gasteiger partial charge in [-0.15, -0.1) is 0 Å². The smallest absolute Gasteiger partial charge is 0.0580 e. The lowest BCUT2D eigenvalue weighted by molar-refractivity contribution is -0.0406. The molecule has 1 N–H and O–H groups in total. The minimum Gasteiger partial charge on any atom is -0.393 e. The second kappa shape index (κ2) is 3.97. The number of hydrogen-bond acceptors (Lipinski definition) is 2. The van der Waals surface area contributed by atoms with E-state index in [9.17, 15) is 5.11 Å². The molecule has 13 heavy (non-hydrogen) atoms. The van der Waals surface area contributed by atoms with Crippen LogP contribution in [0.2, 0.25) is 0 Å². The molecule has 0 radical (unpaired) electrons. The summed E-state index contributed by atoms with van der Waals surface area (Å²) in [5.74, 6) is 1.50. The zero-order chi connectivity index (χ0) is 9.26. The van der Waals surface area contributed by atoms with Gasteiger partial charge >= 0.3 is 0 Å². The van der Waals surface area contributed by atoms with Crippen LogP contribution in [-0.4, -0.2) is 23.9 Å². The topological polar surface area (TPSA) is 29.5 Å². The maximum atomic E-state index is 9.32. The first-order valence-corrected chi connectivity index (χ1v) is 5.53. The van der Waals surface area contributed by atoms with Gasteiger partial charge in [0.2, 0.25) is 0 Å². The Bertz CT molecular complexity index is 163. The standard InChI is InChI=1S/C11H20O2/c1-8-4-11(5-8)13-7-9-2-3-10(12)6-9/h8-12H,2-7H2,1H3/t8?,9-,10?,11?/m1/s1. The summed E-state index contributed by atoms with van der Waals surface area (Å²) in [6, 6.07) is 0. The minimum atomic E-state index is -0.0473. The summed E-state index contributed by atoms with van der Waals surface area (Å²) in [4.78, 5) is 0. The van der Waals surface area contributed by atoms with E-state index in [1.54, 1.807) is 0 Å². The summed E-state index contributed by atoms with van der Waals surface area (Å²) in [7, 11) is 0. The van der Waals surface area contributed by atoms with Crippen molar-refractivity contribution in [2.45, 2.75) is 51.2 Å². The number of rotatable bonds is 3. The molecule has 2 rings (SSSR count). The van der Waals surface area contributed by atoms with Crippen LogP contribution in [0.1, 0.15) is 39.0 Å². The average molecular weight is 184 g/mol. The normalized spacial score (nSPS) is 44.8. The van der Waals surface area contributed by atoms with Crippen molar-refractivity contribution in [3.05, 3.63) is 0 Å². The molecule has 76 valence electrons. The molecule has 2 atom stereocenters. The third-order valence-electron chi connectivity index (χ3n) is 3.41. The summed E-state index contributed by atoms with van der Waals surface area (Å²) in [5, 5.41) is 9.32. The Morgan fingerprint density at radius 3 is 2.54 bits per heavy atom. The summed E-state index contributed by atoms with van der Waals surface area (Å²) >= 11 is 0. The van der Waals surface area contributed by atoms with Crippen molar-refractivity contribution in [3.63, 3.8) is 0 Å². The van der Waals surface area contributed by atoms with Gasteiger partial charge in [-0.3, -0.25) is 0 Å². The molecule has 1 unspecified atom stereocenters. The molecule has 2 saturated carbocycles.